The van der Waals surface area contributed by atoms with Crippen molar-refractivity contribution >= 4 is 17.4 Å². The summed E-state index contributed by atoms with van der Waals surface area (Å²) in [5.74, 6) is -3.16. The Kier molecular flexibility index (Phi) is 5.14. The van der Waals surface area contributed by atoms with Crippen LogP contribution in [0.3, 0.4) is 0 Å². The molecule has 3 aromatic rings. The summed E-state index contributed by atoms with van der Waals surface area (Å²) >= 11 is 0. The number of carbonyl (C=O) groups is 2. The zero-order valence-corrected chi connectivity index (χ0v) is 15.7. The maximum Gasteiger partial charge on any atom is 0.295 e. The molecule has 1 saturated heterocycles. The number of nitrogens with one attached hydrogen (secondary N) is 1. The number of amides is 1. The van der Waals surface area contributed by atoms with E-state index < -0.39 is 35.1 Å². The number of halogens is 2. The summed E-state index contributed by atoms with van der Waals surface area (Å²) in [6.45, 7) is 0.147. The third kappa shape index (κ3) is 3.59. The van der Waals surface area contributed by atoms with Crippen LogP contribution < -0.4 is 0 Å². The molecular formula is C22H17F2N3O3. The molecule has 0 aliphatic carbocycles. The number of rotatable bonds is 5. The zero-order valence-electron chi connectivity index (χ0n) is 15.7. The molecular weight excluding hydrogens is 392 g/mol. The summed E-state index contributed by atoms with van der Waals surface area (Å²) in [6.07, 6.45) is 3.49. The molecule has 0 saturated carbocycles. The number of hydrogen-bond acceptors (Lipinski definition) is 4. The average Bonchev–Trinajstić information content (AvgIpc) is 3.34. The Morgan fingerprint density at radius 3 is 2.53 bits per heavy atom. The van der Waals surface area contributed by atoms with E-state index in [2.05, 4.69) is 9.97 Å². The van der Waals surface area contributed by atoms with Crippen molar-refractivity contribution in [3.8, 4) is 0 Å². The number of aliphatic hydroxyl groups is 1. The molecule has 2 N–H and O–H groups in total. The lowest BCUT2D eigenvalue weighted by Crippen LogP contribution is -2.31. The van der Waals surface area contributed by atoms with E-state index in [-0.39, 0.29) is 17.7 Å². The van der Waals surface area contributed by atoms with Gasteiger partial charge >= 0.3 is 0 Å². The average molecular weight is 409 g/mol. The third-order valence-corrected chi connectivity index (χ3v) is 5.00. The summed E-state index contributed by atoms with van der Waals surface area (Å²) in [6, 6.07) is 9.45. The molecule has 1 aliphatic rings. The quantitative estimate of drug-likeness (QED) is 0.384. The number of Topliss-reactive ketones (excluding diaryl/α,β-unsaturated/α-hetero) is 1. The molecule has 1 aliphatic heterocycles. The van der Waals surface area contributed by atoms with Crippen molar-refractivity contribution in [1.29, 1.82) is 0 Å². The molecule has 6 nitrogen and oxygen atoms in total. The molecule has 0 bridgehead atoms. The molecule has 1 aromatic heterocycles. The van der Waals surface area contributed by atoms with Crippen molar-refractivity contribution in [2.75, 3.05) is 6.54 Å². The van der Waals surface area contributed by atoms with E-state index in [4.69, 9.17) is 0 Å². The van der Waals surface area contributed by atoms with Gasteiger partial charge in [0.1, 0.15) is 17.4 Å². The van der Waals surface area contributed by atoms with Crippen LogP contribution in [0.4, 0.5) is 8.78 Å². The summed E-state index contributed by atoms with van der Waals surface area (Å²) < 4.78 is 27.2. The lowest BCUT2D eigenvalue weighted by Gasteiger charge is -2.25. The van der Waals surface area contributed by atoms with Crippen LogP contribution >= 0.6 is 0 Å². The Balaban J connectivity index is 1.80. The Morgan fingerprint density at radius 2 is 1.87 bits per heavy atom. The van der Waals surface area contributed by atoms with Gasteiger partial charge in [-0.15, -0.1) is 0 Å². The Labute approximate surface area is 170 Å². The molecule has 30 heavy (non-hydrogen) atoms. The van der Waals surface area contributed by atoms with Gasteiger partial charge in [-0.3, -0.25) is 9.59 Å². The fourth-order valence-corrected chi connectivity index (χ4v) is 3.56. The Hall–Kier alpha value is -3.81. The number of aromatic amines is 1. The second kappa shape index (κ2) is 7.90. The standard InChI is InChI=1S/C22H17F2N3O3/c23-15-6-4-13(5-7-15)20(28)18-19(14-2-1-3-16(24)10-14)27(22(30)21(18)29)9-8-17-11-25-12-26-17/h1-7,10-12,19,28H,8-9H2,(H,25,26). The lowest BCUT2D eigenvalue weighted by molar-refractivity contribution is -0.139. The van der Waals surface area contributed by atoms with Crippen LogP contribution in [0.25, 0.3) is 5.76 Å². The van der Waals surface area contributed by atoms with Gasteiger partial charge in [0, 0.05) is 30.4 Å². The van der Waals surface area contributed by atoms with Crippen molar-refractivity contribution in [1.82, 2.24) is 14.9 Å². The second-order valence-corrected chi connectivity index (χ2v) is 6.88. The second-order valence-electron chi connectivity index (χ2n) is 6.88. The minimum Gasteiger partial charge on any atom is -0.507 e. The van der Waals surface area contributed by atoms with Crippen LogP contribution in [-0.4, -0.2) is 38.2 Å². The van der Waals surface area contributed by atoms with E-state index in [1.807, 2.05) is 0 Å². The van der Waals surface area contributed by atoms with Crippen molar-refractivity contribution in [2.45, 2.75) is 12.5 Å². The number of H-pyrrole nitrogens is 1. The van der Waals surface area contributed by atoms with E-state index >= 15 is 0 Å². The molecule has 152 valence electrons. The molecule has 2 aromatic carbocycles. The predicted octanol–water partition coefficient (Wildman–Crippen LogP) is 3.35. The molecule has 4 rings (SSSR count). The minimum atomic E-state index is -0.978. The maximum absolute atomic E-state index is 13.9. The summed E-state index contributed by atoms with van der Waals surface area (Å²) in [4.78, 5) is 33.8. The molecule has 1 unspecified atom stereocenters. The van der Waals surface area contributed by atoms with Crippen LogP contribution in [0.15, 0.2) is 66.6 Å². The highest BCUT2D eigenvalue weighted by Gasteiger charge is 2.45. The SMILES string of the molecule is O=C1C(=O)N(CCc2cnc[nH]2)C(c2cccc(F)c2)C1=C(O)c1ccc(F)cc1. The smallest absolute Gasteiger partial charge is 0.295 e. The van der Waals surface area contributed by atoms with Gasteiger partial charge < -0.3 is 15.0 Å². The van der Waals surface area contributed by atoms with Crippen LogP contribution in [0, 0.1) is 11.6 Å². The minimum absolute atomic E-state index is 0.147. The number of aliphatic hydroxyl groups excluding tert-OH is 1. The number of nitrogens with zero attached hydrogens (tertiary/aromatic N) is 2. The van der Waals surface area contributed by atoms with Crippen LogP contribution in [0.2, 0.25) is 0 Å². The third-order valence-electron chi connectivity index (χ3n) is 5.00. The largest absolute Gasteiger partial charge is 0.507 e. The van der Waals surface area contributed by atoms with Crippen molar-refractivity contribution < 1.29 is 23.5 Å². The van der Waals surface area contributed by atoms with E-state index in [0.29, 0.717) is 12.0 Å². The van der Waals surface area contributed by atoms with Gasteiger partial charge in [-0.25, -0.2) is 13.8 Å². The molecule has 1 fully saturated rings. The van der Waals surface area contributed by atoms with Crippen LogP contribution in [-0.2, 0) is 16.0 Å². The van der Waals surface area contributed by atoms with Gasteiger partial charge in [-0.05, 0) is 42.0 Å². The summed E-state index contributed by atoms with van der Waals surface area (Å²) in [7, 11) is 0. The number of hydrogen-bond donors (Lipinski definition) is 2. The lowest BCUT2D eigenvalue weighted by atomic mass is 9.95. The number of carbonyl (C=O) groups excluding carboxylic acids is 2. The number of aromatic nitrogens is 2. The van der Waals surface area contributed by atoms with Crippen LogP contribution in [0.5, 0.6) is 0 Å². The van der Waals surface area contributed by atoms with E-state index in [1.165, 1.54) is 41.6 Å². The number of benzene rings is 2. The Bertz CT molecular complexity index is 1120. The predicted molar refractivity (Wildman–Crippen MR) is 104 cm³/mol. The highest BCUT2D eigenvalue weighted by molar-refractivity contribution is 6.46. The maximum atomic E-state index is 13.9. The van der Waals surface area contributed by atoms with E-state index in [0.717, 1.165) is 17.8 Å². The molecule has 0 spiro atoms. The first-order chi connectivity index (χ1) is 14.5. The van der Waals surface area contributed by atoms with Gasteiger partial charge in [0.2, 0.25) is 0 Å². The molecule has 1 atom stereocenters. The van der Waals surface area contributed by atoms with Crippen molar-refractivity contribution in [2.24, 2.45) is 0 Å². The first-order valence-electron chi connectivity index (χ1n) is 9.23. The first-order valence-corrected chi connectivity index (χ1v) is 9.23. The number of ketones is 1. The van der Waals surface area contributed by atoms with Crippen molar-refractivity contribution in [3.05, 3.63) is 95.1 Å². The normalized spacial score (nSPS) is 18.2. The molecule has 8 heteroatoms. The van der Waals surface area contributed by atoms with E-state index in [1.54, 1.807) is 12.3 Å². The highest BCUT2D eigenvalue weighted by atomic mass is 19.1. The van der Waals surface area contributed by atoms with Gasteiger partial charge in [0.15, 0.2) is 0 Å². The molecule has 2 heterocycles. The van der Waals surface area contributed by atoms with Crippen LogP contribution in [0.1, 0.15) is 22.9 Å². The topological polar surface area (TPSA) is 86.3 Å². The van der Waals surface area contributed by atoms with Gasteiger partial charge in [-0.2, -0.15) is 0 Å². The van der Waals surface area contributed by atoms with Gasteiger partial charge in [0.05, 0.1) is 17.9 Å². The first kappa shape index (κ1) is 19.5. The summed E-state index contributed by atoms with van der Waals surface area (Å²) in [5.41, 5.74) is 1.13. The molecule has 0 radical (unpaired) electrons. The fraction of sp³-hybridized carbons (Fsp3) is 0.136. The molecule has 1 amide bonds. The van der Waals surface area contributed by atoms with Gasteiger partial charge in [-0.1, -0.05) is 12.1 Å². The zero-order chi connectivity index (χ0) is 21.3. The van der Waals surface area contributed by atoms with E-state index in [9.17, 15) is 23.5 Å². The van der Waals surface area contributed by atoms with Crippen molar-refractivity contribution in [3.63, 3.8) is 0 Å². The number of likely N-dealkylation sites (tertiary alicyclic amines) is 1. The van der Waals surface area contributed by atoms with Gasteiger partial charge in [0.25, 0.3) is 11.7 Å². The monoisotopic (exact) mass is 409 g/mol. The fourth-order valence-electron chi connectivity index (χ4n) is 3.56. The Morgan fingerprint density at radius 1 is 1.10 bits per heavy atom. The highest BCUT2D eigenvalue weighted by Crippen LogP contribution is 2.39. The number of imidazole rings is 1. The summed E-state index contributed by atoms with van der Waals surface area (Å²) in [5, 5.41) is 10.8.